The number of morpholine rings is 1. The van der Waals surface area contributed by atoms with Crippen molar-refractivity contribution >= 4 is 16.9 Å². The van der Waals surface area contributed by atoms with Crippen LogP contribution in [0, 0.1) is 13.8 Å². The molecule has 0 radical (unpaired) electrons. The number of hydrogen-bond donors (Lipinski definition) is 0. The molecule has 4 rings (SSSR count). The minimum atomic E-state index is -0.632. The van der Waals surface area contributed by atoms with Gasteiger partial charge < -0.3 is 9.64 Å². The van der Waals surface area contributed by atoms with E-state index in [2.05, 4.69) is 5.10 Å². The van der Waals surface area contributed by atoms with E-state index in [1.807, 2.05) is 44.2 Å². The van der Waals surface area contributed by atoms with Crippen molar-refractivity contribution in [3.05, 3.63) is 58.0 Å². The second-order valence-electron chi connectivity index (χ2n) is 7.18. The maximum Gasteiger partial charge on any atom is 0.253 e. The molecule has 1 amide bonds. The molecule has 0 spiro atoms. The number of hydrogen-bond acceptors (Lipinski definition) is 4. The molecule has 1 saturated heterocycles. The Morgan fingerprint density at radius 1 is 1.14 bits per heavy atom. The molecule has 1 aromatic carbocycles. The number of para-hydroxylation sites is 1. The molecule has 0 saturated carbocycles. The van der Waals surface area contributed by atoms with Gasteiger partial charge in [-0.1, -0.05) is 18.2 Å². The minimum Gasteiger partial charge on any atom is -0.378 e. The van der Waals surface area contributed by atoms with Crippen molar-refractivity contribution in [3.8, 4) is 5.69 Å². The summed E-state index contributed by atoms with van der Waals surface area (Å²) in [5.41, 5.74) is 3.00. The third kappa shape index (κ3) is 3.01. The fourth-order valence-corrected chi connectivity index (χ4v) is 3.91. The molecule has 3 aromatic rings. The molecule has 7 heteroatoms. The third-order valence-corrected chi connectivity index (χ3v) is 5.30. The van der Waals surface area contributed by atoms with Crippen LogP contribution in [0.25, 0.3) is 16.7 Å². The molecule has 1 atom stereocenters. The molecule has 1 fully saturated rings. The van der Waals surface area contributed by atoms with Crippen LogP contribution in [-0.2, 0) is 9.53 Å². The summed E-state index contributed by atoms with van der Waals surface area (Å²) < 4.78 is 8.69. The van der Waals surface area contributed by atoms with E-state index in [0.29, 0.717) is 32.0 Å². The Morgan fingerprint density at radius 3 is 2.50 bits per heavy atom. The number of rotatable bonds is 3. The number of carbonyl (C=O) groups is 1. The fourth-order valence-electron chi connectivity index (χ4n) is 3.91. The summed E-state index contributed by atoms with van der Waals surface area (Å²) in [6.07, 6.45) is 0. The highest BCUT2D eigenvalue weighted by atomic mass is 16.5. The van der Waals surface area contributed by atoms with Gasteiger partial charge in [-0.15, -0.1) is 0 Å². The van der Waals surface area contributed by atoms with Crippen LogP contribution in [0.15, 0.2) is 41.2 Å². The Morgan fingerprint density at radius 2 is 1.82 bits per heavy atom. The second-order valence-corrected chi connectivity index (χ2v) is 7.18. The molecule has 7 nitrogen and oxygen atoms in total. The summed E-state index contributed by atoms with van der Waals surface area (Å²) in [6, 6.07) is 10.6. The fraction of sp³-hybridized carbons (Fsp3) is 0.381. The van der Waals surface area contributed by atoms with Gasteiger partial charge in [0.15, 0.2) is 0 Å². The van der Waals surface area contributed by atoms with Crippen LogP contribution in [0.2, 0.25) is 0 Å². The van der Waals surface area contributed by atoms with Crippen molar-refractivity contribution < 1.29 is 9.53 Å². The van der Waals surface area contributed by atoms with Crippen molar-refractivity contribution in [1.29, 1.82) is 0 Å². The molecule has 0 aliphatic carbocycles. The molecule has 0 N–H and O–H groups in total. The first-order valence-electron chi connectivity index (χ1n) is 9.52. The number of aryl methyl sites for hydroxylation is 2. The monoisotopic (exact) mass is 380 g/mol. The van der Waals surface area contributed by atoms with Gasteiger partial charge in [-0.2, -0.15) is 5.10 Å². The molecule has 146 valence electrons. The van der Waals surface area contributed by atoms with Gasteiger partial charge in [0.1, 0.15) is 11.7 Å². The quantitative estimate of drug-likeness (QED) is 0.699. The molecular weight excluding hydrogens is 356 g/mol. The van der Waals surface area contributed by atoms with E-state index in [0.717, 1.165) is 22.3 Å². The Kier molecular flexibility index (Phi) is 4.77. The third-order valence-electron chi connectivity index (χ3n) is 5.30. The Bertz CT molecular complexity index is 1080. The first kappa shape index (κ1) is 18.4. The number of pyridine rings is 1. The van der Waals surface area contributed by atoms with Crippen LogP contribution >= 0.6 is 0 Å². The van der Waals surface area contributed by atoms with E-state index in [1.165, 1.54) is 0 Å². The lowest BCUT2D eigenvalue weighted by Gasteiger charge is -2.30. The van der Waals surface area contributed by atoms with Crippen LogP contribution in [-0.4, -0.2) is 51.5 Å². The lowest BCUT2D eigenvalue weighted by atomic mass is 10.1. The van der Waals surface area contributed by atoms with E-state index < -0.39 is 6.04 Å². The number of nitrogens with zero attached hydrogens (tertiary/aromatic N) is 4. The minimum absolute atomic E-state index is 0.0750. The van der Waals surface area contributed by atoms with Gasteiger partial charge in [-0.3, -0.25) is 14.2 Å². The van der Waals surface area contributed by atoms with Gasteiger partial charge in [-0.05, 0) is 38.5 Å². The summed E-state index contributed by atoms with van der Waals surface area (Å²) in [7, 11) is 0. The zero-order valence-electron chi connectivity index (χ0n) is 16.4. The number of fused-ring (bicyclic) bond motifs is 1. The Balaban J connectivity index is 1.92. The zero-order valence-corrected chi connectivity index (χ0v) is 16.4. The van der Waals surface area contributed by atoms with Gasteiger partial charge >= 0.3 is 0 Å². The maximum atomic E-state index is 13.1. The topological polar surface area (TPSA) is 69.4 Å². The number of amides is 1. The average molecular weight is 380 g/mol. The molecule has 1 aliphatic rings. The van der Waals surface area contributed by atoms with Gasteiger partial charge in [0.25, 0.3) is 5.56 Å². The highest BCUT2D eigenvalue weighted by Crippen LogP contribution is 2.26. The van der Waals surface area contributed by atoms with Crippen LogP contribution in [0.5, 0.6) is 0 Å². The van der Waals surface area contributed by atoms with Crippen molar-refractivity contribution in [1.82, 2.24) is 19.2 Å². The average Bonchev–Trinajstić information content (AvgIpc) is 3.06. The first-order valence-corrected chi connectivity index (χ1v) is 9.52. The predicted molar refractivity (Wildman–Crippen MR) is 107 cm³/mol. The lowest BCUT2D eigenvalue weighted by molar-refractivity contribution is -0.138. The SMILES string of the molecule is Cc1cc(=O)n(C(C)C(=O)N2CCOCC2)c2c1c(C)nn2-c1ccccc1. The predicted octanol–water partition coefficient (Wildman–Crippen LogP) is 2.22. The highest BCUT2D eigenvalue weighted by molar-refractivity contribution is 5.87. The van der Waals surface area contributed by atoms with E-state index in [-0.39, 0.29) is 11.5 Å². The normalized spacial score (nSPS) is 15.8. The van der Waals surface area contributed by atoms with Gasteiger partial charge in [-0.25, -0.2) is 4.68 Å². The van der Waals surface area contributed by atoms with Crippen LogP contribution in [0.1, 0.15) is 24.2 Å². The summed E-state index contributed by atoms with van der Waals surface area (Å²) in [6.45, 7) is 7.76. The largest absolute Gasteiger partial charge is 0.378 e. The van der Waals surface area contributed by atoms with E-state index in [4.69, 9.17) is 4.74 Å². The number of aromatic nitrogens is 3. The summed E-state index contributed by atoms with van der Waals surface area (Å²) in [5.74, 6) is -0.0750. The summed E-state index contributed by atoms with van der Waals surface area (Å²) >= 11 is 0. The van der Waals surface area contributed by atoms with E-state index in [1.54, 1.807) is 27.1 Å². The maximum absolute atomic E-state index is 13.1. The van der Waals surface area contributed by atoms with Crippen LogP contribution in [0.4, 0.5) is 0 Å². The molecule has 3 heterocycles. The van der Waals surface area contributed by atoms with Crippen LogP contribution in [0.3, 0.4) is 0 Å². The molecule has 1 aliphatic heterocycles. The number of ether oxygens (including phenoxy) is 1. The number of carbonyl (C=O) groups excluding carboxylic acids is 1. The lowest BCUT2D eigenvalue weighted by Crippen LogP contribution is -2.45. The molecule has 28 heavy (non-hydrogen) atoms. The second kappa shape index (κ2) is 7.24. The summed E-state index contributed by atoms with van der Waals surface area (Å²) in [4.78, 5) is 27.9. The van der Waals surface area contributed by atoms with Crippen LogP contribution < -0.4 is 5.56 Å². The van der Waals surface area contributed by atoms with Crippen molar-refractivity contribution in [2.45, 2.75) is 26.8 Å². The van der Waals surface area contributed by atoms with Gasteiger partial charge in [0.2, 0.25) is 5.91 Å². The molecule has 1 unspecified atom stereocenters. The zero-order chi connectivity index (χ0) is 19.8. The first-order chi connectivity index (χ1) is 13.5. The van der Waals surface area contributed by atoms with Crippen molar-refractivity contribution in [2.24, 2.45) is 0 Å². The highest BCUT2D eigenvalue weighted by Gasteiger charge is 2.28. The van der Waals surface area contributed by atoms with Gasteiger partial charge in [0.05, 0.1) is 24.6 Å². The Hall–Kier alpha value is -2.93. The van der Waals surface area contributed by atoms with Crippen molar-refractivity contribution in [2.75, 3.05) is 26.3 Å². The smallest absolute Gasteiger partial charge is 0.253 e. The Labute approximate surface area is 163 Å². The van der Waals surface area contributed by atoms with Gasteiger partial charge in [0, 0.05) is 24.5 Å². The van der Waals surface area contributed by atoms with E-state index in [9.17, 15) is 9.59 Å². The molecular formula is C21H24N4O3. The molecule has 0 bridgehead atoms. The number of benzene rings is 1. The van der Waals surface area contributed by atoms with Crippen molar-refractivity contribution in [3.63, 3.8) is 0 Å². The summed E-state index contributed by atoms with van der Waals surface area (Å²) in [5, 5.41) is 5.60. The standard InChI is InChI=1S/C21H24N4O3/c1-14-13-18(26)24(16(3)21(27)23-9-11-28-12-10-23)20-19(14)15(2)22-25(20)17-7-5-4-6-8-17/h4-8,13,16H,9-12H2,1-3H3. The van der Waals surface area contributed by atoms with E-state index >= 15 is 0 Å². The molecule has 2 aromatic heterocycles.